The summed E-state index contributed by atoms with van der Waals surface area (Å²) in [5, 5.41) is -0.846. The first-order valence-electron chi connectivity index (χ1n) is 9.98. The van der Waals surface area contributed by atoms with Crippen LogP contribution in [0.5, 0.6) is 0 Å². The number of ether oxygens (including phenoxy) is 1. The van der Waals surface area contributed by atoms with Crippen molar-refractivity contribution in [2.45, 2.75) is 99.8 Å². The average Bonchev–Trinajstić information content (AvgIpc) is 2.56. The van der Waals surface area contributed by atoms with Crippen LogP contribution in [0.3, 0.4) is 0 Å². The highest BCUT2D eigenvalue weighted by atomic mass is 35.5. The Labute approximate surface area is 165 Å². The summed E-state index contributed by atoms with van der Waals surface area (Å²) < 4.78 is 103. The lowest BCUT2D eigenvalue weighted by Gasteiger charge is -2.42. The summed E-state index contributed by atoms with van der Waals surface area (Å²) in [6, 6.07) is 0. The molecular formula is C19H26ClF7O. The molecule has 8 atom stereocenters. The first-order valence-corrected chi connectivity index (χ1v) is 10.4. The third-order valence-electron chi connectivity index (χ3n) is 6.57. The van der Waals surface area contributed by atoms with Gasteiger partial charge in [0.2, 0.25) is 0 Å². The van der Waals surface area contributed by atoms with Gasteiger partial charge in [-0.3, -0.25) is 0 Å². The fourth-order valence-electron chi connectivity index (χ4n) is 5.07. The molecule has 0 bridgehead atoms. The van der Waals surface area contributed by atoms with Gasteiger partial charge >= 0.3 is 6.11 Å². The minimum absolute atomic E-state index is 0.0338. The molecular weight excluding hydrogens is 413 g/mol. The zero-order valence-corrected chi connectivity index (χ0v) is 16.1. The summed E-state index contributed by atoms with van der Waals surface area (Å²) in [6.45, 7) is 0. The summed E-state index contributed by atoms with van der Waals surface area (Å²) in [5.41, 5.74) is 0. The van der Waals surface area contributed by atoms with Gasteiger partial charge in [0.1, 0.15) is 36.8 Å². The Morgan fingerprint density at radius 1 is 0.679 bits per heavy atom. The minimum Gasteiger partial charge on any atom is -0.317 e. The fourth-order valence-corrected chi connectivity index (χ4v) is 5.41. The molecule has 9 heteroatoms. The highest BCUT2D eigenvalue weighted by Crippen LogP contribution is 2.46. The van der Waals surface area contributed by atoms with E-state index in [1.807, 2.05) is 0 Å². The molecule has 0 aromatic heterocycles. The van der Waals surface area contributed by atoms with Crippen LogP contribution in [0.2, 0.25) is 0 Å². The molecule has 164 valence electrons. The van der Waals surface area contributed by atoms with Crippen LogP contribution in [-0.2, 0) is 4.74 Å². The van der Waals surface area contributed by atoms with E-state index in [9.17, 15) is 30.7 Å². The summed E-state index contributed by atoms with van der Waals surface area (Å²) >= 11 is 5.68. The van der Waals surface area contributed by atoms with E-state index in [-0.39, 0.29) is 50.9 Å². The highest BCUT2D eigenvalue weighted by Gasteiger charge is 2.55. The smallest absolute Gasteiger partial charge is 0.317 e. The van der Waals surface area contributed by atoms with Crippen LogP contribution in [-0.4, -0.2) is 48.4 Å². The Balaban J connectivity index is 1.56. The second-order valence-corrected chi connectivity index (χ2v) is 9.14. The van der Waals surface area contributed by atoms with Crippen molar-refractivity contribution in [1.29, 1.82) is 0 Å². The Morgan fingerprint density at radius 2 is 1.32 bits per heavy atom. The van der Waals surface area contributed by atoms with Crippen molar-refractivity contribution >= 4 is 11.6 Å². The van der Waals surface area contributed by atoms with E-state index in [2.05, 4.69) is 0 Å². The molecule has 0 spiro atoms. The van der Waals surface area contributed by atoms with Crippen LogP contribution in [0.25, 0.3) is 0 Å². The third kappa shape index (κ3) is 4.90. The van der Waals surface area contributed by atoms with Gasteiger partial charge in [0, 0.05) is 11.8 Å². The van der Waals surface area contributed by atoms with Crippen LogP contribution in [0.15, 0.2) is 0 Å². The molecule has 0 radical (unpaired) electrons. The Kier molecular flexibility index (Phi) is 7.11. The molecule has 3 rings (SSSR count). The van der Waals surface area contributed by atoms with E-state index in [1.54, 1.807) is 0 Å². The third-order valence-corrected chi connectivity index (χ3v) is 6.92. The standard InChI is InChI=1S/C19H26ClF7O/c20-10-6-16(24)18(17(25)7-10)19(26,27)28-11-2-3-12(14(22)8-11)9-1-4-13(21)15(23)5-9/h9-18H,1-8H2. The predicted molar refractivity (Wildman–Crippen MR) is 91.3 cm³/mol. The normalized spacial score (nSPS) is 48.4. The predicted octanol–water partition coefficient (Wildman–Crippen LogP) is 6.27. The molecule has 3 aliphatic carbocycles. The van der Waals surface area contributed by atoms with Crippen molar-refractivity contribution in [3.05, 3.63) is 0 Å². The van der Waals surface area contributed by atoms with Crippen molar-refractivity contribution in [3.8, 4) is 0 Å². The van der Waals surface area contributed by atoms with E-state index >= 15 is 0 Å². The molecule has 3 fully saturated rings. The summed E-state index contributed by atoms with van der Waals surface area (Å²) in [6.07, 6.45) is -14.7. The van der Waals surface area contributed by atoms with Gasteiger partial charge in [0.25, 0.3) is 0 Å². The van der Waals surface area contributed by atoms with Gasteiger partial charge in [-0.2, -0.15) is 8.78 Å². The van der Waals surface area contributed by atoms with Crippen LogP contribution in [0, 0.1) is 17.8 Å². The first-order chi connectivity index (χ1) is 13.1. The lowest BCUT2D eigenvalue weighted by molar-refractivity contribution is -0.319. The van der Waals surface area contributed by atoms with E-state index in [0.29, 0.717) is 6.42 Å². The summed E-state index contributed by atoms with van der Waals surface area (Å²) in [7, 11) is 0. The number of alkyl halides is 8. The van der Waals surface area contributed by atoms with Gasteiger partial charge < -0.3 is 4.74 Å². The maximum absolute atomic E-state index is 14.6. The molecule has 0 amide bonds. The molecule has 3 saturated carbocycles. The van der Waals surface area contributed by atoms with E-state index in [1.165, 1.54) is 0 Å². The van der Waals surface area contributed by atoms with Crippen LogP contribution in [0.1, 0.15) is 51.4 Å². The SMILES string of the molecule is FC1CCC(C2CCC(OC(F)(F)C3C(F)CC(Cl)CC3F)CC2F)CC1F. The van der Waals surface area contributed by atoms with Crippen molar-refractivity contribution in [1.82, 2.24) is 0 Å². The van der Waals surface area contributed by atoms with Gasteiger partial charge in [0.05, 0.1) is 6.10 Å². The van der Waals surface area contributed by atoms with E-state index in [0.717, 1.165) is 0 Å². The van der Waals surface area contributed by atoms with Gasteiger partial charge in [-0.15, -0.1) is 11.6 Å². The monoisotopic (exact) mass is 438 g/mol. The Bertz CT molecular complexity index is 513. The summed E-state index contributed by atoms with van der Waals surface area (Å²) in [5.74, 6) is -3.12. The molecule has 0 heterocycles. The molecule has 1 nitrogen and oxygen atoms in total. The minimum atomic E-state index is -4.07. The number of hydrogen-bond acceptors (Lipinski definition) is 1. The van der Waals surface area contributed by atoms with Crippen LogP contribution in [0.4, 0.5) is 30.7 Å². The molecule has 0 aromatic rings. The van der Waals surface area contributed by atoms with E-state index < -0.39 is 60.3 Å². The quantitative estimate of drug-likeness (QED) is 0.371. The van der Waals surface area contributed by atoms with Crippen LogP contribution >= 0.6 is 11.6 Å². The van der Waals surface area contributed by atoms with Gasteiger partial charge in [-0.05, 0) is 56.8 Å². The zero-order chi connectivity index (χ0) is 20.6. The lowest BCUT2D eigenvalue weighted by Crippen LogP contribution is -2.50. The van der Waals surface area contributed by atoms with Gasteiger partial charge in [-0.1, -0.05) is 0 Å². The van der Waals surface area contributed by atoms with Crippen molar-refractivity contribution in [2.75, 3.05) is 0 Å². The van der Waals surface area contributed by atoms with Crippen LogP contribution < -0.4 is 0 Å². The highest BCUT2D eigenvalue weighted by molar-refractivity contribution is 6.20. The molecule has 8 unspecified atom stereocenters. The summed E-state index contributed by atoms with van der Waals surface area (Å²) in [4.78, 5) is 0. The van der Waals surface area contributed by atoms with Gasteiger partial charge in [-0.25, -0.2) is 22.0 Å². The maximum atomic E-state index is 14.6. The maximum Gasteiger partial charge on any atom is 0.364 e. The number of rotatable bonds is 4. The molecule has 0 N–H and O–H groups in total. The first kappa shape index (κ1) is 22.4. The average molecular weight is 439 g/mol. The Hall–Kier alpha value is -0.240. The molecule has 28 heavy (non-hydrogen) atoms. The lowest BCUT2D eigenvalue weighted by atomic mass is 9.71. The van der Waals surface area contributed by atoms with E-state index in [4.69, 9.17) is 16.3 Å². The topological polar surface area (TPSA) is 9.23 Å². The zero-order valence-electron chi connectivity index (χ0n) is 15.4. The molecule has 0 aliphatic heterocycles. The second-order valence-electron chi connectivity index (χ2n) is 8.53. The Morgan fingerprint density at radius 3 is 1.89 bits per heavy atom. The molecule has 3 aliphatic rings. The largest absolute Gasteiger partial charge is 0.364 e. The number of hydrogen-bond donors (Lipinski definition) is 0. The second kappa shape index (κ2) is 8.86. The molecule has 0 aromatic carbocycles. The van der Waals surface area contributed by atoms with Crippen molar-refractivity contribution in [3.63, 3.8) is 0 Å². The van der Waals surface area contributed by atoms with Gasteiger partial charge in [0.15, 0.2) is 0 Å². The molecule has 0 saturated heterocycles. The van der Waals surface area contributed by atoms with Crippen molar-refractivity contribution in [2.24, 2.45) is 17.8 Å². The number of halogens is 8. The van der Waals surface area contributed by atoms with Crippen molar-refractivity contribution < 1.29 is 35.5 Å². The fraction of sp³-hybridized carbons (Fsp3) is 1.00.